The molecule has 0 unspecified atom stereocenters. The number of hydrogen-bond acceptors (Lipinski definition) is 3. The Morgan fingerprint density at radius 2 is 2.14 bits per heavy atom. The molecule has 0 spiro atoms. The van der Waals surface area contributed by atoms with Gasteiger partial charge in [0.2, 0.25) is 0 Å². The molecule has 0 aliphatic rings. The van der Waals surface area contributed by atoms with Gasteiger partial charge in [0.1, 0.15) is 5.82 Å². The molecule has 78 valence electrons. The van der Waals surface area contributed by atoms with Gasteiger partial charge in [-0.15, -0.1) is 0 Å². The third-order valence-corrected chi connectivity index (χ3v) is 2.03. The van der Waals surface area contributed by atoms with Crippen molar-refractivity contribution in [2.45, 2.75) is 26.8 Å². The SMILES string of the molecule is CCCNCc1cc(C)nc(NC)c1. The molecule has 1 aromatic heterocycles. The maximum Gasteiger partial charge on any atom is 0.126 e. The Balaban J connectivity index is 2.62. The minimum Gasteiger partial charge on any atom is -0.373 e. The first kappa shape index (κ1) is 11.0. The van der Waals surface area contributed by atoms with Gasteiger partial charge in [-0.1, -0.05) is 6.92 Å². The summed E-state index contributed by atoms with van der Waals surface area (Å²) in [5.74, 6) is 0.943. The van der Waals surface area contributed by atoms with Crippen LogP contribution in [0.15, 0.2) is 12.1 Å². The summed E-state index contributed by atoms with van der Waals surface area (Å²) in [6, 6.07) is 4.19. The van der Waals surface area contributed by atoms with Crippen LogP contribution in [0.2, 0.25) is 0 Å². The lowest BCUT2D eigenvalue weighted by Gasteiger charge is -2.07. The molecule has 0 radical (unpaired) electrons. The first-order chi connectivity index (χ1) is 6.76. The summed E-state index contributed by atoms with van der Waals surface area (Å²) < 4.78 is 0. The van der Waals surface area contributed by atoms with Crippen molar-refractivity contribution in [3.63, 3.8) is 0 Å². The lowest BCUT2D eigenvalue weighted by Crippen LogP contribution is -2.14. The van der Waals surface area contributed by atoms with Gasteiger partial charge in [-0.3, -0.25) is 0 Å². The van der Waals surface area contributed by atoms with Gasteiger partial charge in [-0.25, -0.2) is 4.98 Å². The molecular formula is C11H19N3. The first-order valence-electron chi connectivity index (χ1n) is 5.12. The molecule has 0 saturated heterocycles. The molecule has 3 nitrogen and oxygen atoms in total. The van der Waals surface area contributed by atoms with Gasteiger partial charge in [0.15, 0.2) is 0 Å². The van der Waals surface area contributed by atoms with Crippen LogP contribution in [0.3, 0.4) is 0 Å². The van der Waals surface area contributed by atoms with Crippen LogP contribution in [0.5, 0.6) is 0 Å². The predicted octanol–water partition coefficient (Wildman–Crippen LogP) is 1.93. The molecule has 1 heterocycles. The molecule has 14 heavy (non-hydrogen) atoms. The molecule has 0 amide bonds. The largest absolute Gasteiger partial charge is 0.373 e. The second-order valence-corrected chi connectivity index (χ2v) is 3.43. The quantitative estimate of drug-likeness (QED) is 0.702. The normalized spacial score (nSPS) is 10.2. The molecule has 0 saturated carbocycles. The standard InChI is InChI=1S/C11H19N3/c1-4-5-13-8-10-6-9(2)14-11(7-10)12-3/h6-7,13H,4-5,8H2,1-3H3,(H,12,14). The van der Waals surface area contributed by atoms with Crippen LogP contribution in [-0.2, 0) is 6.54 Å². The summed E-state index contributed by atoms with van der Waals surface area (Å²) in [7, 11) is 1.89. The summed E-state index contributed by atoms with van der Waals surface area (Å²) in [4.78, 5) is 4.34. The van der Waals surface area contributed by atoms with E-state index in [-0.39, 0.29) is 0 Å². The highest BCUT2D eigenvalue weighted by Crippen LogP contribution is 2.09. The fourth-order valence-corrected chi connectivity index (χ4v) is 1.38. The minimum atomic E-state index is 0.922. The highest BCUT2D eigenvalue weighted by atomic mass is 15.0. The van der Waals surface area contributed by atoms with E-state index in [1.807, 2.05) is 14.0 Å². The molecular weight excluding hydrogens is 174 g/mol. The Morgan fingerprint density at radius 3 is 2.79 bits per heavy atom. The third-order valence-electron chi connectivity index (χ3n) is 2.03. The Bertz CT molecular complexity index is 284. The van der Waals surface area contributed by atoms with Gasteiger partial charge in [0.25, 0.3) is 0 Å². The molecule has 0 bridgehead atoms. The van der Waals surface area contributed by atoms with Gasteiger partial charge in [-0.05, 0) is 37.6 Å². The summed E-state index contributed by atoms with van der Waals surface area (Å²) >= 11 is 0. The first-order valence-corrected chi connectivity index (χ1v) is 5.12. The van der Waals surface area contributed by atoms with Crippen LogP contribution in [-0.4, -0.2) is 18.6 Å². The summed E-state index contributed by atoms with van der Waals surface area (Å²) in [6.07, 6.45) is 1.17. The van der Waals surface area contributed by atoms with Crippen LogP contribution in [0.1, 0.15) is 24.6 Å². The highest BCUT2D eigenvalue weighted by Gasteiger charge is 1.97. The van der Waals surface area contributed by atoms with Gasteiger partial charge >= 0.3 is 0 Å². The Morgan fingerprint density at radius 1 is 1.36 bits per heavy atom. The zero-order valence-corrected chi connectivity index (χ0v) is 9.22. The minimum absolute atomic E-state index is 0.922. The van der Waals surface area contributed by atoms with Gasteiger partial charge in [-0.2, -0.15) is 0 Å². The Labute approximate surface area is 85.9 Å². The van der Waals surface area contributed by atoms with Crippen molar-refractivity contribution in [3.05, 3.63) is 23.4 Å². The molecule has 3 heteroatoms. The van der Waals surface area contributed by atoms with Crippen LogP contribution in [0, 0.1) is 6.92 Å². The number of anilines is 1. The van der Waals surface area contributed by atoms with Crippen LogP contribution in [0.4, 0.5) is 5.82 Å². The fraction of sp³-hybridized carbons (Fsp3) is 0.545. The summed E-state index contributed by atoms with van der Waals surface area (Å²) in [5.41, 5.74) is 2.35. The molecule has 0 fully saturated rings. The van der Waals surface area contributed by atoms with E-state index in [0.29, 0.717) is 0 Å². The van der Waals surface area contributed by atoms with E-state index in [2.05, 4.69) is 34.7 Å². The van der Waals surface area contributed by atoms with Crippen molar-refractivity contribution in [1.29, 1.82) is 0 Å². The summed E-state index contributed by atoms with van der Waals surface area (Å²) in [6.45, 7) is 6.18. The van der Waals surface area contributed by atoms with Gasteiger partial charge in [0.05, 0.1) is 0 Å². The van der Waals surface area contributed by atoms with E-state index in [4.69, 9.17) is 0 Å². The molecule has 0 aliphatic carbocycles. The fourth-order valence-electron chi connectivity index (χ4n) is 1.38. The van der Waals surface area contributed by atoms with E-state index in [1.54, 1.807) is 0 Å². The maximum atomic E-state index is 4.34. The van der Waals surface area contributed by atoms with Crippen molar-refractivity contribution in [2.24, 2.45) is 0 Å². The van der Waals surface area contributed by atoms with Crippen LogP contribution in [0.25, 0.3) is 0 Å². The van der Waals surface area contributed by atoms with E-state index in [1.165, 1.54) is 12.0 Å². The van der Waals surface area contributed by atoms with Gasteiger partial charge in [0, 0.05) is 19.3 Å². The lowest BCUT2D eigenvalue weighted by atomic mass is 10.2. The smallest absolute Gasteiger partial charge is 0.126 e. The third kappa shape index (κ3) is 3.34. The Kier molecular flexibility index (Phi) is 4.40. The topological polar surface area (TPSA) is 37.0 Å². The molecule has 1 aromatic rings. The van der Waals surface area contributed by atoms with Crippen LogP contribution >= 0.6 is 0 Å². The van der Waals surface area contributed by atoms with Gasteiger partial charge < -0.3 is 10.6 Å². The average Bonchev–Trinajstić information content (AvgIpc) is 2.17. The number of rotatable bonds is 5. The number of nitrogens with one attached hydrogen (secondary N) is 2. The van der Waals surface area contributed by atoms with Crippen molar-refractivity contribution in [1.82, 2.24) is 10.3 Å². The number of aryl methyl sites for hydroxylation is 1. The van der Waals surface area contributed by atoms with E-state index in [0.717, 1.165) is 24.6 Å². The van der Waals surface area contributed by atoms with E-state index < -0.39 is 0 Å². The second-order valence-electron chi connectivity index (χ2n) is 3.43. The number of aromatic nitrogens is 1. The number of pyridine rings is 1. The van der Waals surface area contributed by atoms with Crippen molar-refractivity contribution >= 4 is 5.82 Å². The summed E-state index contributed by atoms with van der Waals surface area (Å²) in [5, 5.41) is 6.43. The molecule has 0 aromatic carbocycles. The van der Waals surface area contributed by atoms with E-state index in [9.17, 15) is 0 Å². The molecule has 2 N–H and O–H groups in total. The molecule has 1 rings (SSSR count). The monoisotopic (exact) mass is 193 g/mol. The predicted molar refractivity (Wildman–Crippen MR) is 60.5 cm³/mol. The van der Waals surface area contributed by atoms with Crippen LogP contribution < -0.4 is 10.6 Å². The molecule has 0 aliphatic heterocycles. The maximum absolute atomic E-state index is 4.34. The van der Waals surface area contributed by atoms with Crippen molar-refractivity contribution in [3.8, 4) is 0 Å². The zero-order chi connectivity index (χ0) is 10.4. The number of nitrogens with zero attached hydrogens (tertiary/aromatic N) is 1. The van der Waals surface area contributed by atoms with Crippen molar-refractivity contribution in [2.75, 3.05) is 18.9 Å². The average molecular weight is 193 g/mol. The number of hydrogen-bond donors (Lipinski definition) is 2. The van der Waals surface area contributed by atoms with Crippen molar-refractivity contribution < 1.29 is 0 Å². The lowest BCUT2D eigenvalue weighted by molar-refractivity contribution is 0.674. The molecule has 0 atom stereocenters. The Hall–Kier alpha value is -1.09. The zero-order valence-electron chi connectivity index (χ0n) is 9.22. The highest BCUT2D eigenvalue weighted by molar-refractivity contribution is 5.38. The second kappa shape index (κ2) is 5.60. The van der Waals surface area contributed by atoms with E-state index >= 15 is 0 Å².